The third-order valence-corrected chi connectivity index (χ3v) is 5.49. The molecular formula is C18H11Cl2N3O2S. The van der Waals surface area contributed by atoms with Crippen LogP contribution in [0.5, 0.6) is 0 Å². The van der Waals surface area contributed by atoms with Gasteiger partial charge in [0.05, 0.1) is 26.0 Å². The summed E-state index contributed by atoms with van der Waals surface area (Å²) in [6, 6.07) is 11.1. The Morgan fingerprint density at radius 3 is 2.46 bits per heavy atom. The van der Waals surface area contributed by atoms with Gasteiger partial charge >= 0.3 is 0 Å². The monoisotopic (exact) mass is 403 g/mol. The second-order valence-corrected chi connectivity index (χ2v) is 7.52. The summed E-state index contributed by atoms with van der Waals surface area (Å²) >= 11 is 13.1. The molecule has 0 aliphatic carbocycles. The Morgan fingerprint density at radius 2 is 1.81 bits per heavy atom. The van der Waals surface area contributed by atoms with Crippen molar-refractivity contribution in [1.29, 1.82) is 0 Å². The molecule has 2 heterocycles. The van der Waals surface area contributed by atoms with Crippen LogP contribution < -0.4 is 5.32 Å². The van der Waals surface area contributed by atoms with Gasteiger partial charge in [-0.2, -0.15) is 0 Å². The van der Waals surface area contributed by atoms with Crippen molar-refractivity contribution in [3.05, 3.63) is 62.7 Å². The van der Waals surface area contributed by atoms with Gasteiger partial charge in [-0.05, 0) is 54.6 Å². The molecule has 0 spiro atoms. The molecule has 8 heteroatoms. The SMILES string of the molecule is Cc1nc2cc(Cl)c(Cl)cc2n1-c1ccc(C=C2SC(=O)NC2=O)cc1. The molecule has 0 unspecified atom stereocenters. The number of amides is 2. The highest BCUT2D eigenvalue weighted by Gasteiger charge is 2.24. The van der Waals surface area contributed by atoms with Gasteiger partial charge in [0.1, 0.15) is 5.82 Å². The summed E-state index contributed by atoms with van der Waals surface area (Å²) in [5.74, 6) is 0.438. The molecule has 1 aliphatic heterocycles. The van der Waals surface area contributed by atoms with Crippen molar-refractivity contribution in [1.82, 2.24) is 14.9 Å². The van der Waals surface area contributed by atoms with E-state index >= 15 is 0 Å². The fourth-order valence-corrected chi connectivity index (χ4v) is 3.81. The van der Waals surface area contributed by atoms with Gasteiger partial charge in [-0.15, -0.1) is 0 Å². The second kappa shape index (κ2) is 6.46. The summed E-state index contributed by atoms with van der Waals surface area (Å²) in [6.07, 6.45) is 1.68. The Kier molecular flexibility index (Phi) is 4.26. The predicted molar refractivity (Wildman–Crippen MR) is 105 cm³/mol. The van der Waals surface area contributed by atoms with E-state index in [1.54, 1.807) is 18.2 Å². The maximum atomic E-state index is 11.6. The molecule has 0 saturated carbocycles. The van der Waals surface area contributed by atoms with Gasteiger partial charge in [0.2, 0.25) is 0 Å². The van der Waals surface area contributed by atoms with Gasteiger partial charge in [0.25, 0.3) is 11.1 Å². The number of thioether (sulfide) groups is 1. The van der Waals surface area contributed by atoms with Gasteiger partial charge in [-0.25, -0.2) is 4.98 Å². The molecule has 1 aromatic heterocycles. The van der Waals surface area contributed by atoms with Crippen molar-refractivity contribution in [3.8, 4) is 5.69 Å². The number of nitrogens with one attached hydrogen (secondary N) is 1. The first-order chi connectivity index (χ1) is 12.4. The van der Waals surface area contributed by atoms with E-state index in [1.807, 2.05) is 35.8 Å². The Bertz CT molecular complexity index is 1100. The zero-order valence-electron chi connectivity index (χ0n) is 13.4. The number of aryl methyl sites for hydroxylation is 1. The van der Waals surface area contributed by atoms with Crippen LogP contribution >= 0.6 is 35.0 Å². The average molecular weight is 404 g/mol. The lowest BCUT2D eigenvalue weighted by Crippen LogP contribution is -2.17. The number of hydrogen-bond acceptors (Lipinski definition) is 4. The molecular weight excluding hydrogens is 393 g/mol. The maximum Gasteiger partial charge on any atom is 0.290 e. The number of hydrogen-bond donors (Lipinski definition) is 1. The van der Waals surface area contributed by atoms with Crippen LogP contribution in [0.25, 0.3) is 22.8 Å². The fourth-order valence-electron chi connectivity index (χ4n) is 2.81. The van der Waals surface area contributed by atoms with Crippen molar-refractivity contribution in [2.45, 2.75) is 6.92 Å². The summed E-state index contributed by atoms with van der Waals surface area (Å²) < 4.78 is 1.98. The van der Waals surface area contributed by atoms with Crippen molar-refractivity contribution in [3.63, 3.8) is 0 Å². The molecule has 130 valence electrons. The van der Waals surface area contributed by atoms with E-state index in [0.717, 1.165) is 39.9 Å². The van der Waals surface area contributed by atoms with E-state index in [1.165, 1.54) is 0 Å². The number of imide groups is 1. The van der Waals surface area contributed by atoms with Gasteiger partial charge in [0, 0.05) is 5.69 Å². The smallest absolute Gasteiger partial charge is 0.290 e. The lowest BCUT2D eigenvalue weighted by atomic mass is 10.2. The lowest BCUT2D eigenvalue weighted by molar-refractivity contribution is -0.115. The number of imidazole rings is 1. The van der Waals surface area contributed by atoms with E-state index in [9.17, 15) is 9.59 Å². The molecule has 0 radical (unpaired) electrons. The highest BCUT2D eigenvalue weighted by atomic mass is 35.5. The number of carbonyl (C=O) groups excluding carboxylic acids is 2. The van der Waals surface area contributed by atoms with Crippen LogP contribution in [-0.2, 0) is 4.79 Å². The van der Waals surface area contributed by atoms with Gasteiger partial charge in [-0.1, -0.05) is 35.3 Å². The quantitative estimate of drug-likeness (QED) is 0.613. The fraction of sp³-hybridized carbons (Fsp3) is 0.0556. The third kappa shape index (κ3) is 3.00. The first-order valence-corrected chi connectivity index (χ1v) is 9.19. The van der Waals surface area contributed by atoms with E-state index in [0.29, 0.717) is 15.0 Å². The molecule has 1 N–H and O–H groups in total. The molecule has 1 fully saturated rings. The highest BCUT2D eigenvalue weighted by Crippen LogP contribution is 2.30. The van der Waals surface area contributed by atoms with Gasteiger partial charge in [0.15, 0.2) is 0 Å². The second-order valence-electron chi connectivity index (χ2n) is 5.69. The Balaban J connectivity index is 1.74. The number of fused-ring (bicyclic) bond motifs is 1. The van der Waals surface area contributed by atoms with E-state index in [2.05, 4.69) is 10.3 Å². The summed E-state index contributed by atoms with van der Waals surface area (Å²) in [5.41, 5.74) is 3.36. The Morgan fingerprint density at radius 1 is 1.12 bits per heavy atom. The molecule has 2 amide bonds. The van der Waals surface area contributed by atoms with Crippen LogP contribution in [0.15, 0.2) is 41.3 Å². The van der Waals surface area contributed by atoms with Crippen LogP contribution in [0.1, 0.15) is 11.4 Å². The maximum absolute atomic E-state index is 11.6. The van der Waals surface area contributed by atoms with Crippen LogP contribution in [0.3, 0.4) is 0 Å². The van der Waals surface area contributed by atoms with Crippen LogP contribution in [-0.4, -0.2) is 20.7 Å². The zero-order chi connectivity index (χ0) is 18.4. The van der Waals surface area contributed by atoms with Crippen LogP contribution in [0.4, 0.5) is 4.79 Å². The summed E-state index contributed by atoms with van der Waals surface area (Å²) in [6.45, 7) is 1.91. The minimum absolute atomic E-state index is 0.353. The van der Waals surface area contributed by atoms with Crippen LogP contribution in [0.2, 0.25) is 10.0 Å². The minimum Gasteiger partial charge on any atom is -0.296 e. The minimum atomic E-state index is -0.368. The molecule has 4 rings (SSSR count). The van der Waals surface area contributed by atoms with Gasteiger partial charge < -0.3 is 0 Å². The molecule has 3 aromatic rings. The summed E-state index contributed by atoms with van der Waals surface area (Å²) in [7, 11) is 0. The predicted octanol–water partition coefficient (Wildman–Crippen LogP) is 4.96. The van der Waals surface area contributed by atoms with E-state index < -0.39 is 0 Å². The highest BCUT2D eigenvalue weighted by molar-refractivity contribution is 8.18. The number of halogens is 2. The van der Waals surface area contributed by atoms with Crippen molar-refractivity contribution < 1.29 is 9.59 Å². The van der Waals surface area contributed by atoms with Crippen LogP contribution in [0, 0.1) is 6.92 Å². The number of carbonyl (C=O) groups is 2. The molecule has 2 aromatic carbocycles. The summed E-state index contributed by atoms with van der Waals surface area (Å²) in [4.78, 5) is 27.8. The largest absolute Gasteiger partial charge is 0.296 e. The Labute approximate surface area is 163 Å². The molecule has 5 nitrogen and oxygen atoms in total. The topological polar surface area (TPSA) is 64.0 Å². The molecule has 1 saturated heterocycles. The van der Waals surface area contributed by atoms with Gasteiger partial charge in [-0.3, -0.25) is 19.5 Å². The standard InChI is InChI=1S/C18H11Cl2N3O2S/c1-9-21-14-7-12(19)13(20)8-15(14)23(9)11-4-2-10(3-5-11)6-16-17(24)22-18(25)26-16/h2-8H,1H3,(H,22,24,25). The zero-order valence-corrected chi connectivity index (χ0v) is 15.7. The van der Waals surface area contributed by atoms with Crippen molar-refractivity contribution in [2.75, 3.05) is 0 Å². The van der Waals surface area contributed by atoms with Crippen molar-refractivity contribution in [2.24, 2.45) is 0 Å². The summed E-state index contributed by atoms with van der Waals surface area (Å²) in [5, 5.41) is 2.82. The molecule has 26 heavy (non-hydrogen) atoms. The number of nitrogens with zero attached hydrogens (tertiary/aromatic N) is 2. The normalized spacial score (nSPS) is 15.9. The number of aromatic nitrogens is 2. The van der Waals surface area contributed by atoms with Crippen molar-refractivity contribution >= 4 is 63.2 Å². The van der Waals surface area contributed by atoms with E-state index in [4.69, 9.17) is 23.2 Å². The molecule has 0 atom stereocenters. The Hall–Kier alpha value is -2.28. The molecule has 1 aliphatic rings. The number of benzene rings is 2. The first-order valence-electron chi connectivity index (χ1n) is 7.62. The number of rotatable bonds is 2. The third-order valence-electron chi connectivity index (χ3n) is 3.96. The molecule has 0 bridgehead atoms. The first kappa shape index (κ1) is 17.1. The average Bonchev–Trinajstić information content (AvgIpc) is 3.07. The lowest BCUT2D eigenvalue weighted by Gasteiger charge is -2.08. The van der Waals surface area contributed by atoms with E-state index in [-0.39, 0.29) is 11.1 Å².